The second kappa shape index (κ2) is 11.0. The maximum absolute atomic E-state index is 10.3. The van der Waals surface area contributed by atoms with E-state index in [2.05, 4.69) is 130 Å². The maximum atomic E-state index is 10.3. The predicted octanol–water partition coefficient (Wildman–Crippen LogP) is 6.68. The lowest BCUT2D eigenvalue weighted by atomic mass is 10.1. The van der Waals surface area contributed by atoms with Gasteiger partial charge in [-0.05, 0) is 54.6 Å². The van der Waals surface area contributed by atoms with E-state index in [1.165, 1.54) is 46.3 Å². The van der Waals surface area contributed by atoms with Crippen LogP contribution in [-0.4, -0.2) is 32.0 Å². The molecule has 0 unspecified atom stereocenters. The minimum atomic E-state index is -4.25. The number of H-pyrrole nitrogens is 1. The Labute approximate surface area is 236 Å². The van der Waals surface area contributed by atoms with Crippen molar-refractivity contribution in [3.63, 3.8) is 0 Å². The highest BCUT2D eigenvalue weighted by atomic mass is 79.9. The van der Waals surface area contributed by atoms with Gasteiger partial charge in [0.2, 0.25) is 11.4 Å². The Bertz CT molecular complexity index is 1850. The molecule has 0 fully saturated rings. The van der Waals surface area contributed by atoms with Crippen LogP contribution in [0.4, 0.5) is 5.69 Å². The predicted molar refractivity (Wildman–Crippen MR) is 159 cm³/mol. The number of para-hydroxylation sites is 1. The number of pyridine rings is 1. The lowest BCUT2D eigenvalue weighted by molar-refractivity contribution is -0.582. The molecule has 2 heterocycles. The molecule has 2 aromatic heterocycles. The van der Waals surface area contributed by atoms with Crippen molar-refractivity contribution in [1.29, 1.82) is 0 Å². The minimum absolute atomic E-state index is 0.185. The number of halogens is 1. The molecule has 1 N–H and O–H groups in total. The summed E-state index contributed by atoms with van der Waals surface area (Å²) in [6.07, 6.45) is 2.21. The van der Waals surface area contributed by atoms with Crippen LogP contribution in [0.25, 0.3) is 38.8 Å². The summed E-state index contributed by atoms with van der Waals surface area (Å²) in [5.41, 5.74) is 6.94. The van der Waals surface area contributed by atoms with Gasteiger partial charge in [0.25, 0.3) is 0 Å². The van der Waals surface area contributed by atoms with E-state index >= 15 is 0 Å². The van der Waals surface area contributed by atoms with Gasteiger partial charge in [-0.1, -0.05) is 52.3 Å². The number of aromatic nitrogens is 2. The zero-order valence-corrected chi connectivity index (χ0v) is 23.8. The van der Waals surface area contributed by atoms with Crippen molar-refractivity contribution in [2.75, 3.05) is 19.0 Å². The normalized spacial score (nSPS) is 11.3. The lowest BCUT2D eigenvalue weighted by Gasteiger charge is -2.12. The summed E-state index contributed by atoms with van der Waals surface area (Å²) < 4.78 is 34.2. The van der Waals surface area contributed by atoms with Crippen LogP contribution in [0, 0.1) is 0 Å². The highest BCUT2D eigenvalue weighted by molar-refractivity contribution is 9.10. The lowest BCUT2D eigenvalue weighted by Crippen LogP contribution is -2.33. The van der Waals surface area contributed by atoms with Crippen LogP contribution in [0.5, 0.6) is 0 Å². The van der Waals surface area contributed by atoms with E-state index in [-0.39, 0.29) is 4.90 Å². The topological polar surface area (TPSA) is 80.1 Å². The molecule has 8 heteroatoms. The van der Waals surface area contributed by atoms with E-state index in [0.29, 0.717) is 0 Å². The van der Waals surface area contributed by atoms with Crippen LogP contribution >= 0.6 is 15.9 Å². The van der Waals surface area contributed by atoms with Crippen molar-refractivity contribution in [2.45, 2.75) is 4.90 Å². The summed E-state index contributed by atoms with van der Waals surface area (Å²) in [4.78, 5) is 5.50. The average molecular weight is 601 g/mol. The molecule has 196 valence electrons. The van der Waals surface area contributed by atoms with E-state index in [1.54, 1.807) is 6.07 Å². The summed E-state index contributed by atoms with van der Waals surface area (Å²) >= 11 is 3.55. The summed E-state index contributed by atoms with van der Waals surface area (Å²) in [7, 11) is -0.130. The van der Waals surface area contributed by atoms with Crippen LogP contribution in [0.15, 0.2) is 125 Å². The number of anilines is 1. The molecular formula is C31H26BrN3O3S. The minimum Gasteiger partial charge on any atom is -0.744 e. The fraction of sp³-hybridized carbons (Fsp3) is 0.0645. The number of nitrogens with zero attached hydrogens (tertiary/aromatic N) is 2. The van der Waals surface area contributed by atoms with Crippen molar-refractivity contribution in [3.8, 4) is 16.9 Å². The zero-order chi connectivity index (χ0) is 27.6. The fourth-order valence-corrected chi connectivity index (χ4v) is 5.16. The van der Waals surface area contributed by atoms with E-state index in [9.17, 15) is 13.0 Å². The van der Waals surface area contributed by atoms with Gasteiger partial charge in [0.05, 0.1) is 4.90 Å². The summed E-state index contributed by atoms with van der Waals surface area (Å²) in [5.74, 6) is 0. The number of rotatable bonds is 4. The van der Waals surface area contributed by atoms with Crippen molar-refractivity contribution in [1.82, 2.24) is 4.98 Å². The number of fused-ring (bicyclic) bond motifs is 3. The molecule has 0 radical (unpaired) electrons. The second-order valence-corrected chi connectivity index (χ2v) is 11.5. The fourth-order valence-electron chi connectivity index (χ4n) is 4.40. The first kappa shape index (κ1) is 26.6. The molecule has 0 atom stereocenters. The Morgan fingerprint density at radius 3 is 2.03 bits per heavy atom. The number of aromatic amines is 1. The van der Waals surface area contributed by atoms with Crippen LogP contribution in [0.2, 0.25) is 0 Å². The summed E-state index contributed by atoms with van der Waals surface area (Å²) in [5, 5.41) is 2.48. The van der Waals surface area contributed by atoms with Gasteiger partial charge in [-0.15, -0.1) is 0 Å². The van der Waals surface area contributed by atoms with Gasteiger partial charge < -0.3 is 14.4 Å². The average Bonchev–Trinajstić information content (AvgIpc) is 3.31. The van der Waals surface area contributed by atoms with Crippen molar-refractivity contribution in [2.24, 2.45) is 0 Å². The van der Waals surface area contributed by atoms with Gasteiger partial charge >= 0.3 is 0 Å². The molecule has 0 aliphatic heterocycles. The van der Waals surface area contributed by atoms with Gasteiger partial charge in [-0.25, -0.2) is 8.42 Å². The first-order valence-corrected chi connectivity index (χ1v) is 14.4. The third kappa shape index (κ3) is 5.88. The SMILES string of the molecule is CN(C)c1ccc(-[n+]2cc3[nH]c4ccccc4c3cc2-c2ccc(Br)cc2)cc1.O=S(=O)([O-])c1ccccc1. The molecule has 0 aliphatic rings. The van der Waals surface area contributed by atoms with Crippen LogP contribution < -0.4 is 9.47 Å². The Hall–Kier alpha value is -3.98. The monoisotopic (exact) mass is 599 g/mol. The van der Waals surface area contributed by atoms with Gasteiger partial charge in [0.1, 0.15) is 15.6 Å². The largest absolute Gasteiger partial charge is 0.744 e. The number of benzene rings is 4. The second-order valence-electron chi connectivity index (χ2n) is 9.21. The van der Waals surface area contributed by atoms with Crippen molar-refractivity contribution < 1.29 is 17.5 Å². The molecular weight excluding hydrogens is 574 g/mol. The van der Waals surface area contributed by atoms with E-state index in [4.69, 9.17) is 0 Å². The maximum Gasteiger partial charge on any atom is 0.219 e. The molecule has 0 spiro atoms. The first-order chi connectivity index (χ1) is 18.7. The van der Waals surface area contributed by atoms with E-state index in [1.807, 2.05) is 0 Å². The molecule has 39 heavy (non-hydrogen) atoms. The Balaban J connectivity index is 0.000000261. The Morgan fingerprint density at radius 1 is 0.769 bits per heavy atom. The molecule has 6 rings (SSSR count). The zero-order valence-electron chi connectivity index (χ0n) is 21.4. The molecule has 6 aromatic rings. The molecule has 0 amide bonds. The third-order valence-corrected chi connectivity index (χ3v) is 7.77. The number of hydrogen-bond acceptors (Lipinski definition) is 4. The number of nitrogens with one attached hydrogen (secondary N) is 1. The number of hydrogen-bond donors (Lipinski definition) is 1. The van der Waals surface area contributed by atoms with Crippen molar-refractivity contribution >= 4 is 53.5 Å². The molecule has 4 aromatic carbocycles. The standard InChI is InChI=1S/C25H20BrN3.C6H6O3S/c1-28(2)19-11-13-20(14-12-19)29-16-24-22(21-5-3-4-6-23(21)27-24)15-25(29)17-7-9-18(26)10-8-17;7-10(8,9)6-4-2-1-3-5-6/h3-16H,1-2H3;1-5H,(H,7,8,9). The highest BCUT2D eigenvalue weighted by Gasteiger charge is 2.20. The third-order valence-electron chi connectivity index (χ3n) is 6.39. The molecule has 0 bridgehead atoms. The van der Waals surface area contributed by atoms with Crippen molar-refractivity contribution in [3.05, 3.63) is 120 Å². The van der Waals surface area contributed by atoms with Gasteiger partial charge in [0.15, 0.2) is 6.20 Å². The van der Waals surface area contributed by atoms with E-state index in [0.717, 1.165) is 26.9 Å². The molecule has 0 aliphatic carbocycles. The Kier molecular flexibility index (Phi) is 7.52. The smallest absolute Gasteiger partial charge is 0.219 e. The van der Waals surface area contributed by atoms with Crippen LogP contribution in [0.1, 0.15) is 0 Å². The van der Waals surface area contributed by atoms with Gasteiger partial charge in [-0.2, -0.15) is 4.57 Å². The quantitative estimate of drug-likeness (QED) is 0.181. The Morgan fingerprint density at radius 2 is 1.41 bits per heavy atom. The van der Waals surface area contributed by atoms with Gasteiger partial charge in [-0.3, -0.25) is 0 Å². The van der Waals surface area contributed by atoms with E-state index < -0.39 is 10.1 Å². The van der Waals surface area contributed by atoms with Crippen LogP contribution in [0.3, 0.4) is 0 Å². The van der Waals surface area contributed by atoms with Gasteiger partial charge in [0, 0.05) is 64.3 Å². The molecule has 0 saturated heterocycles. The van der Waals surface area contributed by atoms with Crippen LogP contribution in [-0.2, 0) is 10.1 Å². The summed E-state index contributed by atoms with van der Waals surface area (Å²) in [6, 6.07) is 35.1. The molecule has 0 saturated carbocycles. The highest BCUT2D eigenvalue weighted by Crippen LogP contribution is 2.29. The first-order valence-electron chi connectivity index (χ1n) is 12.2. The molecule has 6 nitrogen and oxygen atoms in total. The summed E-state index contributed by atoms with van der Waals surface area (Å²) in [6.45, 7) is 0.